The Labute approximate surface area is 78.9 Å². The molecule has 0 unspecified atom stereocenters. The molecule has 0 saturated heterocycles. The number of rotatable bonds is 5. The molecule has 0 aliphatic heterocycles. The summed E-state index contributed by atoms with van der Waals surface area (Å²) >= 11 is 0. The summed E-state index contributed by atoms with van der Waals surface area (Å²) < 4.78 is 0.330. The number of hydrogen-bond acceptors (Lipinski definition) is 1. The molecule has 0 atom stereocenters. The average Bonchev–Trinajstić information content (AvgIpc) is 1.95. The number of hydrogen-bond donors (Lipinski definition) is 1. The molecule has 0 fully saturated rings. The summed E-state index contributed by atoms with van der Waals surface area (Å²) in [7, 11) is 3.65. The van der Waals surface area contributed by atoms with Gasteiger partial charge in [0, 0.05) is 0 Å². The molecule has 3 nitrogen and oxygen atoms in total. The van der Waals surface area contributed by atoms with Gasteiger partial charge in [0.1, 0.15) is 0 Å². The first-order chi connectivity index (χ1) is 5.98. The van der Waals surface area contributed by atoms with Gasteiger partial charge in [-0.25, -0.2) is 4.79 Å². The van der Waals surface area contributed by atoms with E-state index < -0.39 is 5.97 Å². The molecule has 0 aromatic rings. The third kappa shape index (κ3) is 7.03. The van der Waals surface area contributed by atoms with Crippen molar-refractivity contribution in [3.05, 3.63) is 37.1 Å². The summed E-state index contributed by atoms with van der Waals surface area (Å²) in [5.74, 6) is -0.803. The number of carbonyl (C=O) groups is 1. The Morgan fingerprint density at radius 3 is 2.46 bits per heavy atom. The van der Waals surface area contributed by atoms with Crippen molar-refractivity contribution in [3.8, 4) is 0 Å². The molecule has 0 saturated carbocycles. The zero-order valence-electron chi connectivity index (χ0n) is 8.10. The van der Waals surface area contributed by atoms with E-state index >= 15 is 0 Å². The number of allylic oxidation sites excluding steroid dienone is 4. The third-order valence-corrected chi connectivity index (χ3v) is 1.39. The second-order valence-corrected chi connectivity index (χ2v) is 3.29. The van der Waals surface area contributed by atoms with Crippen LogP contribution in [-0.4, -0.2) is 36.2 Å². The highest BCUT2D eigenvalue weighted by molar-refractivity contribution is 5.68. The fourth-order valence-corrected chi connectivity index (χ4v) is 0.827. The van der Waals surface area contributed by atoms with Gasteiger partial charge in [0.2, 0.25) is 0 Å². The van der Waals surface area contributed by atoms with Gasteiger partial charge in [-0.15, -0.1) is 0 Å². The van der Waals surface area contributed by atoms with E-state index in [1.165, 1.54) is 0 Å². The summed E-state index contributed by atoms with van der Waals surface area (Å²) in [5.41, 5.74) is 0. The van der Waals surface area contributed by atoms with Crippen molar-refractivity contribution in [1.29, 1.82) is 0 Å². The lowest BCUT2D eigenvalue weighted by molar-refractivity contribution is -0.831. The lowest BCUT2D eigenvalue weighted by atomic mass is 10.4. The van der Waals surface area contributed by atoms with Gasteiger partial charge in [-0.1, -0.05) is 24.8 Å². The van der Waals surface area contributed by atoms with Crippen molar-refractivity contribution in [2.75, 3.05) is 20.6 Å². The van der Waals surface area contributed by atoms with Crippen LogP contribution in [0, 0.1) is 0 Å². The molecular formula is C10H16NO2+. The molecule has 13 heavy (non-hydrogen) atoms. The maximum Gasteiger partial charge on any atom is 0.359 e. The van der Waals surface area contributed by atoms with Crippen LogP contribution in [0.4, 0.5) is 0 Å². The Morgan fingerprint density at radius 1 is 1.38 bits per heavy atom. The van der Waals surface area contributed by atoms with Crippen LogP contribution in [-0.2, 0) is 4.79 Å². The van der Waals surface area contributed by atoms with E-state index in [9.17, 15) is 4.79 Å². The van der Waals surface area contributed by atoms with Gasteiger partial charge in [-0.05, 0) is 6.08 Å². The van der Waals surface area contributed by atoms with Crippen LogP contribution in [0.15, 0.2) is 37.1 Å². The van der Waals surface area contributed by atoms with Crippen molar-refractivity contribution in [2.45, 2.75) is 0 Å². The Morgan fingerprint density at radius 2 is 2.00 bits per heavy atom. The minimum Gasteiger partial charge on any atom is -0.477 e. The van der Waals surface area contributed by atoms with Crippen LogP contribution < -0.4 is 0 Å². The number of quaternary nitrogens is 1. The predicted octanol–water partition coefficient (Wildman–Crippen LogP) is 1.40. The maximum absolute atomic E-state index is 10.4. The minimum absolute atomic E-state index is 0.0818. The van der Waals surface area contributed by atoms with E-state index in [4.69, 9.17) is 5.11 Å². The molecular weight excluding hydrogens is 166 g/mol. The zero-order chi connectivity index (χ0) is 10.3. The van der Waals surface area contributed by atoms with E-state index in [1.807, 2.05) is 32.4 Å². The summed E-state index contributed by atoms with van der Waals surface area (Å²) in [6.07, 6.45) is 8.90. The lowest BCUT2D eigenvalue weighted by Gasteiger charge is -2.21. The molecule has 0 aliphatic rings. The van der Waals surface area contributed by atoms with Crippen molar-refractivity contribution in [1.82, 2.24) is 0 Å². The predicted molar refractivity (Wildman–Crippen MR) is 53.1 cm³/mol. The molecule has 0 aliphatic carbocycles. The van der Waals surface area contributed by atoms with Gasteiger partial charge in [-0.3, -0.25) is 4.48 Å². The fraction of sp³-hybridized carbons (Fsp3) is 0.300. The Balaban J connectivity index is 4.14. The monoisotopic (exact) mass is 182 g/mol. The molecule has 3 heteroatoms. The van der Waals surface area contributed by atoms with E-state index in [0.29, 0.717) is 4.48 Å². The lowest BCUT2D eigenvalue weighted by Crippen LogP contribution is -2.38. The fourth-order valence-electron chi connectivity index (χ4n) is 0.827. The van der Waals surface area contributed by atoms with Gasteiger partial charge in [0.25, 0.3) is 0 Å². The molecule has 0 aromatic carbocycles. The average molecular weight is 182 g/mol. The second kappa shape index (κ2) is 5.32. The van der Waals surface area contributed by atoms with E-state index in [2.05, 4.69) is 6.58 Å². The van der Waals surface area contributed by atoms with Crippen LogP contribution in [0.2, 0.25) is 0 Å². The van der Waals surface area contributed by atoms with Crippen LogP contribution in [0.5, 0.6) is 0 Å². The number of carboxylic acids is 1. The molecule has 1 N–H and O–H groups in total. The number of aliphatic carboxylic acids is 1. The van der Waals surface area contributed by atoms with Crippen molar-refractivity contribution in [2.24, 2.45) is 0 Å². The van der Waals surface area contributed by atoms with Crippen LogP contribution in [0.3, 0.4) is 0 Å². The van der Waals surface area contributed by atoms with E-state index in [-0.39, 0.29) is 6.54 Å². The quantitative estimate of drug-likeness (QED) is 0.515. The minimum atomic E-state index is -0.803. The molecule has 0 spiro atoms. The molecule has 0 amide bonds. The molecule has 0 rings (SSSR count). The highest BCUT2D eigenvalue weighted by Crippen LogP contribution is 1.98. The van der Waals surface area contributed by atoms with Gasteiger partial charge in [0.15, 0.2) is 6.54 Å². The molecule has 0 bridgehead atoms. The van der Waals surface area contributed by atoms with Crippen LogP contribution in [0.1, 0.15) is 0 Å². The maximum atomic E-state index is 10.4. The SMILES string of the molecule is C=C/C=C/C=C/[N+](C)(C)CC(=O)O. The first-order valence-corrected chi connectivity index (χ1v) is 3.99. The molecule has 0 aromatic heterocycles. The zero-order valence-corrected chi connectivity index (χ0v) is 8.10. The largest absolute Gasteiger partial charge is 0.477 e. The van der Waals surface area contributed by atoms with Crippen molar-refractivity contribution < 1.29 is 14.4 Å². The second-order valence-electron chi connectivity index (χ2n) is 3.29. The Bertz CT molecular complexity index is 239. The van der Waals surface area contributed by atoms with E-state index in [1.54, 1.807) is 12.2 Å². The summed E-state index contributed by atoms with van der Waals surface area (Å²) in [5, 5.41) is 8.57. The topological polar surface area (TPSA) is 37.3 Å². The smallest absolute Gasteiger partial charge is 0.359 e. The number of carboxylic acid groups (broad SMARTS) is 1. The van der Waals surface area contributed by atoms with Crippen molar-refractivity contribution in [3.63, 3.8) is 0 Å². The van der Waals surface area contributed by atoms with Gasteiger partial charge in [0.05, 0.1) is 20.3 Å². The molecule has 0 heterocycles. The van der Waals surface area contributed by atoms with Crippen LogP contribution in [0.25, 0.3) is 0 Å². The first-order valence-electron chi connectivity index (χ1n) is 3.99. The van der Waals surface area contributed by atoms with Gasteiger partial charge in [-0.2, -0.15) is 0 Å². The number of likely N-dealkylation sites (N-methyl/N-ethyl adjacent to an activating group) is 1. The first kappa shape index (κ1) is 11.6. The van der Waals surface area contributed by atoms with E-state index in [0.717, 1.165) is 0 Å². The standard InChI is InChI=1S/C10H15NO2/c1-4-5-6-7-8-11(2,3)9-10(12)13/h4-8H,1,9H2,2-3H3/p+1/b6-5+,8-7+. The molecule has 0 radical (unpaired) electrons. The number of nitrogens with zero attached hydrogens (tertiary/aromatic N) is 1. The summed E-state index contributed by atoms with van der Waals surface area (Å²) in [6, 6.07) is 0. The summed E-state index contributed by atoms with van der Waals surface area (Å²) in [6.45, 7) is 3.60. The molecule has 72 valence electrons. The Hall–Kier alpha value is -1.35. The Kier molecular flexibility index (Phi) is 4.77. The third-order valence-electron chi connectivity index (χ3n) is 1.39. The van der Waals surface area contributed by atoms with Crippen molar-refractivity contribution >= 4 is 5.97 Å². The van der Waals surface area contributed by atoms with Gasteiger partial charge < -0.3 is 5.11 Å². The highest BCUT2D eigenvalue weighted by Gasteiger charge is 2.15. The highest BCUT2D eigenvalue weighted by atomic mass is 16.4. The normalized spacial score (nSPS) is 12.5. The van der Waals surface area contributed by atoms with Gasteiger partial charge >= 0.3 is 5.97 Å². The summed E-state index contributed by atoms with van der Waals surface area (Å²) in [4.78, 5) is 10.4. The van der Waals surface area contributed by atoms with Crippen LogP contribution >= 0.6 is 0 Å².